The molecule has 2 rings (SSSR count). The van der Waals surface area contributed by atoms with E-state index < -0.39 is 6.43 Å². The molecule has 0 radical (unpaired) electrons. The maximum Gasteiger partial charge on any atom is 0.238 e. The lowest BCUT2D eigenvalue weighted by atomic mass is 9.62. The maximum absolute atomic E-state index is 12.5. The molecule has 0 aromatic rings. The molecule has 0 unspecified atom stereocenters. The van der Waals surface area contributed by atoms with Gasteiger partial charge in [-0.05, 0) is 42.9 Å². The third-order valence-corrected chi connectivity index (χ3v) is 5.17. The Labute approximate surface area is 102 Å². The van der Waals surface area contributed by atoms with Crippen LogP contribution < -0.4 is 0 Å². The molecule has 17 heavy (non-hydrogen) atoms. The second-order valence-electron chi connectivity index (χ2n) is 6.17. The summed E-state index contributed by atoms with van der Waals surface area (Å²) in [5.41, 5.74) is 0.00361. The van der Waals surface area contributed by atoms with E-state index in [4.69, 9.17) is 0 Å². The largest absolute Gasteiger partial charge is 0.299 e. The number of alkyl halides is 2. The van der Waals surface area contributed by atoms with Crippen LogP contribution >= 0.6 is 0 Å². The van der Waals surface area contributed by atoms with Crippen molar-refractivity contribution in [3.63, 3.8) is 0 Å². The standard InChI is InChI=1S/C14H22F2O/c1-9(8-13(15)16)10-5-6-11-12(17)4-3-7-14(10,11)2/h9-11,13H,3-8H2,1-2H3/t9-,10+,11-,14+/m0/s1. The van der Waals surface area contributed by atoms with E-state index in [1.807, 2.05) is 6.92 Å². The van der Waals surface area contributed by atoms with Crippen molar-refractivity contribution in [3.8, 4) is 0 Å². The molecule has 0 aromatic carbocycles. The van der Waals surface area contributed by atoms with Crippen LogP contribution in [0.25, 0.3) is 0 Å². The maximum atomic E-state index is 12.5. The van der Waals surface area contributed by atoms with Gasteiger partial charge in [-0.1, -0.05) is 13.8 Å². The minimum absolute atomic E-state index is 0.00361. The number of hydrogen-bond donors (Lipinski definition) is 0. The molecule has 0 bridgehead atoms. The van der Waals surface area contributed by atoms with E-state index in [2.05, 4.69) is 6.92 Å². The van der Waals surface area contributed by atoms with E-state index in [-0.39, 0.29) is 23.7 Å². The third-order valence-electron chi connectivity index (χ3n) is 5.17. The zero-order valence-corrected chi connectivity index (χ0v) is 10.7. The highest BCUT2D eigenvalue weighted by atomic mass is 19.3. The summed E-state index contributed by atoms with van der Waals surface area (Å²) in [6, 6.07) is 0. The summed E-state index contributed by atoms with van der Waals surface area (Å²) in [7, 11) is 0. The van der Waals surface area contributed by atoms with Crippen molar-refractivity contribution in [2.24, 2.45) is 23.2 Å². The van der Waals surface area contributed by atoms with Gasteiger partial charge in [0.15, 0.2) is 0 Å². The van der Waals surface area contributed by atoms with Gasteiger partial charge in [-0.3, -0.25) is 4.79 Å². The molecule has 2 aliphatic carbocycles. The quantitative estimate of drug-likeness (QED) is 0.731. The molecule has 2 fully saturated rings. The second kappa shape index (κ2) is 4.66. The summed E-state index contributed by atoms with van der Waals surface area (Å²) in [6.45, 7) is 4.10. The molecule has 0 amide bonds. The topological polar surface area (TPSA) is 17.1 Å². The van der Waals surface area contributed by atoms with Crippen LogP contribution in [0.5, 0.6) is 0 Å². The molecule has 0 heterocycles. The molecule has 0 aliphatic heterocycles. The fourth-order valence-corrected chi connectivity index (χ4v) is 4.35. The van der Waals surface area contributed by atoms with Crippen LogP contribution in [0.4, 0.5) is 8.78 Å². The summed E-state index contributed by atoms with van der Waals surface area (Å²) in [4.78, 5) is 11.9. The van der Waals surface area contributed by atoms with Gasteiger partial charge >= 0.3 is 0 Å². The monoisotopic (exact) mass is 244 g/mol. The highest BCUT2D eigenvalue weighted by Crippen LogP contribution is 2.57. The van der Waals surface area contributed by atoms with E-state index in [1.165, 1.54) is 0 Å². The number of Topliss-reactive ketones (excluding diaryl/α,β-unsaturated/α-hetero) is 1. The Hall–Kier alpha value is -0.470. The number of ketones is 1. The van der Waals surface area contributed by atoms with Crippen molar-refractivity contribution < 1.29 is 13.6 Å². The Kier molecular flexibility index (Phi) is 3.55. The van der Waals surface area contributed by atoms with Gasteiger partial charge in [0.1, 0.15) is 5.78 Å². The fourth-order valence-electron chi connectivity index (χ4n) is 4.35. The predicted octanol–water partition coefficient (Wildman–Crippen LogP) is 4.06. The molecule has 0 N–H and O–H groups in total. The van der Waals surface area contributed by atoms with Gasteiger partial charge in [-0.25, -0.2) is 8.78 Å². The molecular weight excluding hydrogens is 222 g/mol. The normalized spacial score (nSPS) is 39.5. The van der Waals surface area contributed by atoms with Crippen LogP contribution in [-0.4, -0.2) is 12.2 Å². The number of hydrogen-bond acceptors (Lipinski definition) is 1. The van der Waals surface area contributed by atoms with Crippen molar-refractivity contribution in [3.05, 3.63) is 0 Å². The van der Waals surface area contributed by atoms with Crippen LogP contribution in [0.3, 0.4) is 0 Å². The van der Waals surface area contributed by atoms with Crippen LogP contribution in [0, 0.1) is 23.2 Å². The lowest BCUT2D eigenvalue weighted by Crippen LogP contribution is -2.39. The zero-order chi connectivity index (χ0) is 12.6. The molecule has 1 nitrogen and oxygen atoms in total. The Morgan fingerprint density at radius 2 is 2.12 bits per heavy atom. The highest BCUT2D eigenvalue weighted by molar-refractivity contribution is 5.83. The SMILES string of the molecule is C[C@@H](CC(F)F)[C@H]1CC[C@H]2C(=O)CCC[C@]12C. The van der Waals surface area contributed by atoms with Gasteiger partial charge in [0.2, 0.25) is 6.43 Å². The molecule has 3 heteroatoms. The smallest absolute Gasteiger partial charge is 0.238 e. The summed E-state index contributed by atoms with van der Waals surface area (Å²) in [5.74, 6) is 0.883. The van der Waals surface area contributed by atoms with E-state index in [9.17, 15) is 13.6 Å². The van der Waals surface area contributed by atoms with Gasteiger partial charge in [-0.2, -0.15) is 0 Å². The zero-order valence-electron chi connectivity index (χ0n) is 10.7. The Bertz CT molecular complexity index is 303. The molecule has 2 aliphatic rings. The fraction of sp³-hybridized carbons (Fsp3) is 0.929. The molecule has 0 saturated heterocycles. The Balaban J connectivity index is 2.12. The lowest BCUT2D eigenvalue weighted by Gasteiger charge is -2.42. The lowest BCUT2D eigenvalue weighted by molar-refractivity contribution is -0.130. The molecule has 4 atom stereocenters. The van der Waals surface area contributed by atoms with E-state index in [0.717, 1.165) is 25.7 Å². The number of rotatable bonds is 3. The van der Waals surface area contributed by atoms with Crippen molar-refractivity contribution in [2.75, 3.05) is 0 Å². The van der Waals surface area contributed by atoms with Crippen LogP contribution in [0.15, 0.2) is 0 Å². The molecule has 2 saturated carbocycles. The van der Waals surface area contributed by atoms with E-state index in [0.29, 0.717) is 18.1 Å². The first-order chi connectivity index (χ1) is 7.95. The number of fused-ring (bicyclic) bond motifs is 1. The summed E-state index contributed by atoms with van der Waals surface area (Å²) >= 11 is 0. The summed E-state index contributed by atoms with van der Waals surface area (Å²) in [5, 5.41) is 0. The van der Waals surface area contributed by atoms with E-state index in [1.54, 1.807) is 0 Å². The first-order valence-corrected chi connectivity index (χ1v) is 6.76. The highest BCUT2D eigenvalue weighted by Gasteiger charge is 2.52. The minimum atomic E-state index is -2.22. The van der Waals surface area contributed by atoms with Gasteiger partial charge in [0.05, 0.1) is 0 Å². The van der Waals surface area contributed by atoms with Crippen molar-refractivity contribution >= 4 is 5.78 Å². The summed E-state index contributed by atoms with van der Waals surface area (Å²) < 4.78 is 25.0. The van der Waals surface area contributed by atoms with E-state index >= 15 is 0 Å². The average Bonchev–Trinajstić information content (AvgIpc) is 2.55. The van der Waals surface area contributed by atoms with Crippen molar-refractivity contribution in [2.45, 2.75) is 58.8 Å². The minimum Gasteiger partial charge on any atom is -0.299 e. The molecule has 98 valence electrons. The number of carbonyl (C=O) groups excluding carboxylic acids is 1. The number of halogens is 2. The summed E-state index contributed by atoms with van der Waals surface area (Å²) in [6.07, 6.45) is 2.35. The van der Waals surface area contributed by atoms with Crippen LogP contribution in [0.2, 0.25) is 0 Å². The van der Waals surface area contributed by atoms with Gasteiger partial charge in [0, 0.05) is 18.8 Å². The predicted molar refractivity (Wildman–Crippen MR) is 63.0 cm³/mol. The van der Waals surface area contributed by atoms with Gasteiger partial charge in [0.25, 0.3) is 0 Å². The Morgan fingerprint density at radius 1 is 1.41 bits per heavy atom. The molecule has 0 spiro atoms. The second-order valence-corrected chi connectivity index (χ2v) is 6.17. The van der Waals surface area contributed by atoms with Gasteiger partial charge in [-0.15, -0.1) is 0 Å². The molecular formula is C14H22F2O. The third kappa shape index (κ3) is 2.25. The van der Waals surface area contributed by atoms with Crippen LogP contribution in [-0.2, 0) is 4.79 Å². The first kappa shape index (κ1) is 13.0. The average molecular weight is 244 g/mol. The van der Waals surface area contributed by atoms with Crippen molar-refractivity contribution in [1.29, 1.82) is 0 Å². The van der Waals surface area contributed by atoms with Gasteiger partial charge < -0.3 is 0 Å². The Morgan fingerprint density at radius 3 is 2.76 bits per heavy atom. The van der Waals surface area contributed by atoms with Crippen LogP contribution in [0.1, 0.15) is 52.4 Å². The molecule has 0 aromatic heterocycles. The first-order valence-electron chi connectivity index (χ1n) is 6.76. The van der Waals surface area contributed by atoms with Crippen molar-refractivity contribution in [1.82, 2.24) is 0 Å². The number of carbonyl (C=O) groups is 1.